The zero-order chi connectivity index (χ0) is 13.8. The maximum Gasteiger partial charge on any atom is 0.310 e. The molecule has 5 nitrogen and oxygen atoms in total. The molecule has 2 rings (SSSR count). The van der Waals surface area contributed by atoms with Crippen LogP contribution in [0, 0.1) is 5.92 Å². The molecule has 0 aromatic heterocycles. The zero-order valence-corrected chi connectivity index (χ0v) is 10.9. The summed E-state index contributed by atoms with van der Waals surface area (Å²) in [4.78, 5) is 13.0. The first-order valence-electron chi connectivity index (χ1n) is 6.33. The number of likely N-dealkylation sites (N-methyl/N-ethyl adjacent to an activating group) is 1. The Balaban J connectivity index is 1.97. The molecule has 1 aliphatic heterocycles. The second kappa shape index (κ2) is 6.14. The summed E-state index contributed by atoms with van der Waals surface area (Å²) in [6, 6.07) is 9.17. The quantitative estimate of drug-likeness (QED) is 0.822. The number of hydrogen-bond donors (Lipinski definition) is 2. The predicted molar refractivity (Wildman–Crippen MR) is 69.8 cm³/mol. The number of rotatable bonds is 5. The molecule has 1 heterocycles. The van der Waals surface area contributed by atoms with Gasteiger partial charge in [-0.3, -0.25) is 9.69 Å². The van der Waals surface area contributed by atoms with Crippen LogP contribution >= 0.6 is 0 Å². The maximum absolute atomic E-state index is 11.1. The number of nitrogens with zero attached hydrogens (tertiary/aromatic N) is 1. The van der Waals surface area contributed by atoms with Crippen LogP contribution in [0.4, 0.5) is 0 Å². The van der Waals surface area contributed by atoms with Crippen molar-refractivity contribution >= 4 is 5.97 Å². The van der Waals surface area contributed by atoms with Crippen LogP contribution in [0.5, 0.6) is 0 Å². The second-order valence-electron chi connectivity index (χ2n) is 4.92. The lowest BCUT2D eigenvalue weighted by atomic mass is 10.0. The number of hydrogen-bond acceptors (Lipinski definition) is 4. The van der Waals surface area contributed by atoms with Crippen LogP contribution < -0.4 is 0 Å². The zero-order valence-electron chi connectivity index (χ0n) is 10.9. The van der Waals surface area contributed by atoms with Crippen LogP contribution in [-0.4, -0.2) is 53.9 Å². The molecule has 1 fully saturated rings. The van der Waals surface area contributed by atoms with E-state index < -0.39 is 18.0 Å². The normalized spacial score (nSPS) is 24.6. The van der Waals surface area contributed by atoms with Gasteiger partial charge in [-0.15, -0.1) is 0 Å². The Kier molecular flexibility index (Phi) is 4.52. The van der Waals surface area contributed by atoms with E-state index in [2.05, 4.69) is 0 Å². The minimum atomic E-state index is -0.844. The van der Waals surface area contributed by atoms with Crippen molar-refractivity contribution < 1.29 is 19.7 Å². The Morgan fingerprint density at radius 1 is 1.42 bits per heavy atom. The average molecular weight is 265 g/mol. The van der Waals surface area contributed by atoms with Gasteiger partial charge in [-0.05, 0) is 12.6 Å². The minimum absolute atomic E-state index is 0.184. The molecule has 3 atom stereocenters. The monoisotopic (exact) mass is 265 g/mol. The lowest BCUT2D eigenvalue weighted by Crippen LogP contribution is -2.42. The number of aliphatic hydroxyl groups excluding tert-OH is 1. The molecule has 5 heteroatoms. The topological polar surface area (TPSA) is 70.0 Å². The van der Waals surface area contributed by atoms with Gasteiger partial charge in [0.25, 0.3) is 0 Å². The number of ether oxygens (including phenoxy) is 1. The predicted octanol–water partition coefficient (Wildman–Crippen LogP) is 0.751. The van der Waals surface area contributed by atoms with E-state index in [1.807, 2.05) is 42.3 Å². The highest BCUT2D eigenvalue weighted by Crippen LogP contribution is 2.21. The fourth-order valence-corrected chi connectivity index (χ4v) is 2.40. The second-order valence-corrected chi connectivity index (χ2v) is 4.92. The lowest BCUT2D eigenvalue weighted by molar-refractivity contribution is -0.143. The average Bonchev–Trinajstić information content (AvgIpc) is 2.89. The fraction of sp³-hybridized carbons (Fsp3) is 0.500. The fourth-order valence-electron chi connectivity index (χ4n) is 2.40. The van der Waals surface area contributed by atoms with E-state index in [1.165, 1.54) is 0 Å². The Bertz CT molecular complexity index is 423. The van der Waals surface area contributed by atoms with Crippen molar-refractivity contribution in [2.24, 2.45) is 5.92 Å². The third-order valence-corrected chi connectivity index (χ3v) is 3.58. The first kappa shape index (κ1) is 14.0. The first-order valence-corrected chi connectivity index (χ1v) is 6.33. The molecule has 104 valence electrons. The van der Waals surface area contributed by atoms with E-state index in [9.17, 15) is 9.90 Å². The van der Waals surface area contributed by atoms with Gasteiger partial charge in [0.15, 0.2) is 0 Å². The van der Waals surface area contributed by atoms with Gasteiger partial charge in [0, 0.05) is 12.6 Å². The Morgan fingerprint density at radius 3 is 2.74 bits per heavy atom. The molecule has 1 aliphatic rings. The van der Waals surface area contributed by atoms with Gasteiger partial charge >= 0.3 is 5.97 Å². The molecule has 0 aliphatic carbocycles. The first-order chi connectivity index (χ1) is 9.09. The van der Waals surface area contributed by atoms with Gasteiger partial charge in [-0.2, -0.15) is 0 Å². The van der Waals surface area contributed by atoms with Crippen LogP contribution in [0.1, 0.15) is 11.7 Å². The molecule has 0 spiro atoms. The van der Waals surface area contributed by atoms with E-state index in [-0.39, 0.29) is 12.6 Å². The summed E-state index contributed by atoms with van der Waals surface area (Å²) in [5.74, 6) is -1.36. The standard InChI is InChI=1S/C14H19NO4/c1-15(12-9-19-8-11(12)14(17)18)7-13(16)10-5-3-2-4-6-10/h2-6,11-13,16H,7-9H2,1H3,(H,17,18). The number of carboxylic acid groups (broad SMARTS) is 1. The largest absolute Gasteiger partial charge is 0.481 e. The highest BCUT2D eigenvalue weighted by molar-refractivity contribution is 5.71. The molecular formula is C14H19NO4. The summed E-state index contributed by atoms with van der Waals surface area (Å²) in [5, 5.41) is 19.3. The van der Waals surface area contributed by atoms with E-state index >= 15 is 0 Å². The molecule has 0 bridgehead atoms. The van der Waals surface area contributed by atoms with E-state index in [0.29, 0.717) is 13.2 Å². The molecule has 1 aromatic rings. The highest BCUT2D eigenvalue weighted by atomic mass is 16.5. The van der Waals surface area contributed by atoms with Crippen molar-refractivity contribution in [3.63, 3.8) is 0 Å². The Labute approximate surface area is 112 Å². The number of aliphatic hydroxyl groups is 1. The van der Waals surface area contributed by atoms with Gasteiger partial charge in [0.2, 0.25) is 0 Å². The van der Waals surface area contributed by atoms with Crippen molar-refractivity contribution in [1.82, 2.24) is 4.90 Å². The van der Waals surface area contributed by atoms with Gasteiger partial charge in [-0.1, -0.05) is 30.3 Å². The van der Waals surface area contributed by atoms with Gasteiger partial charge < -0.3 is 14.9 Å². The van der Waals surface area contributed by atoms with Crippen LogP contribution in [0.3, 0.4) is 0 Å². The summed E-state index contributed by atoms with van der Waals surface area (Å²) in [6.45, 7) is 1.03. The van der Waals surface area contributed by atoms with Crippen molar-refractivity contribution in [2.45, 2.75) is 12.1 Å². The van der Waals surface area contributed by atoms with E-state index in [4.69, 9.17) is 9.84 Å². The van der Waals surface area contributed by atoms with Crippen LogP contribution in [0.15, 0.2) is 30.3 Å². The molecule has 3 unspecified atom stereocenters. The van der Waals surface area contributed by atoms with E-state index in [1.54, 1.807) is 0 Å². The molecular weight excluding hydrogens is 246 g/mol. The SMILES string of the molecule is CN(CC(O)c1ccccc1)C1COCC1C(=O)O. The minimum Gasteiger partial charge on any atom is -0.481 e. The summed E-state index contributed by atoms with van der Waals surface area (Å²) in [6.07, 6.45) is -0.624. The summed E-state index contributed by atoms with van der Waals surface area (Å²) in [5.41, 5.74) is 0.833. The van der Waals surface area contributed by atoms with Gasteiger partial charge in [-0.25, -0.2) is 0 Å². The van der Waals surface area contributed by atoms with E-state index in [0.717, 1.165) is 5.56 Å². The van der Waals surface area contributed by atoms with Crippen molar-refractivity contribution in [2.75, 3.05) is 26.8 Å². The van der Waals surface area contributed by atoms with Gasteiger partial charge in [0.1, 0.15) is 0 Å². The Hall–Kier alpha value is -1.43. The van der Waals surface area contributed by atoms with Crippen LogP contribution in [0.2, 0.25) is 0 Å². The molecule has 2 N–H and O–H groups in total. The van der Waals surface area contributed by atoms with Crippen LogP contribution in [0.25, 0.3) is 0 Å². The van der Waals surface area contributed by atoms with Crippen LogP contribution in [-0.2, 0) is 9.53 Å². The molecule has 19 heavy (non-hydrogen) atoms. The summed E-state index contributed by atoms with van der Waals surface area (Å²) < 4.78 is 5.24. The third-order valence-electron chi connectivity index (χ3n) is 3.58. The molecule has 1 saturated heterocycles. The van der Waals surface area contributed by atoms with Crippen molar-refractivity contribution in [1.29, 1.82) is 0 Å². The Morgan fingerprint density at radius 2 is 2.11 bits per heavy atom. The number of carboxylic acids is 1. The highest BCUT2D eigenvalue weighted by Gasteiger charge is 2.37. The maximum atomic E-state index is 11.1. The third kappa shape index (κ3) is 3.32. The summed E-state index contributed by atoms with van der Waals surface area (Å²) in [7, 11) is 1.82. The molecule has 0 saturated carbocycles. The smallest absolute Gasteiger partial charge is 0.310 e. The molecule has 1 aromatic carbocycles. The molecule has 0 amide bonds. The summed E-state index contributed by atoms with van der Waals surface area (Å²) >= 11 is 0. The lowest BCUT2D eigenvalue weighted by Gasteiger charge is -2.28. The van der Waals surface area contributed by atoms with Gasteiger partial charge in [0.05, 0.1) is 25.2 Å². The number of aliphatic carboxylic acids is 1. The molecule has 0 radical (unpaired) electrons. The number of carbonyl (C=O) groups is 1. The van der Waals surface area contributed by atoms with Crippen molar-refractivity contribution in [3.8, 4) is 0 Å². The number of benzene rings is 1. The van der Waals surface area contributed by atoms with Crippen molar-refractivity contribution in [3.05, 3.63) is 35.9 Å².